The van der Waals surface area contributed by atoms with Crippen LogP contribution in [0.2, 0.25) is 0 Å². The summed E-state index contributed by atoms with van der Waals surface area (Å²) in [5.74, 6) is 2.12. The lowest BCUT2D eigenvalue weighted by Gasteiger charge is -2.32. The molecule has 0 N–H and O–H groups in total. The van der Waals surface area contributed by atoms with Gasteiger partial charge in [-0.1, -0.05) is 11.5 Å². The molecule has 2 fully saturated rings. The van der Waals surface area contributed by atoms with E-state index in [1.807, 2.05) is 0 Å². The van der Waals surface area contributed by atoms with Crippen molar-refractivity contribution < 1.29 is 14.0 Å². The van der Waals surface area contributed by atoms with Crippen LogP contribution in [0.25, 0.3) is 0 Å². The fourth-order valence-electron chi connectivity index (χ4n) is 1.95. The molecule has 2 heterocycles. The zero-order chi connectivity index (χ0) is 11.8. The summed E-state index contributed by atoms with van der Waals surface area (Å²) in [7, 11) is -0.196. The highest BCUT2D eigenvalue weighted by Crippen LogP contribution is 2.37. The van der Waals surface area contributed by atoms with Crippen LogP contribution in [-0.4, -0.2) is 31.5 Å². The quantitative estimate of drug-likeness (QED) is 0.640. The zero-order valence-corrected chi connectivity index (χ0v) is 10.7. The fraction of sp³-hybridized carbons (Fsp3) is 0.833. The van der Waals surface area contributed by atoms with Crippen molar-refractivity contribution in [2.45, 2.75) is 51.7 Å². The van der Waals surface area contributed by atoms with Gasteiger partial charge in [-0.3, -0.25) is 0 Å². The van der Waals surface area contributed by atoms with E-state index in [1.54, 1.807) is 0 Å². The number of hydrogen-bond acceptors (Lipinski definition) is 3. The van der Waals surface area contributed by atoms with Crippen molar-refractivity contribution in [2.75, 3.05) is 13.2 Å². The minimum Gasteiger partial charge on any atom is -0.400 e. The molecular weight excluding hydrogens is 203 g/mol. The maximum atomic E-state index is 5.93. The first-order valence-electron chi connectivity index (χ1n) is 6.04. The first-order valence-corrected chi connectivity index (χ1v) is 6.04. The molecule has 0 amide bonds. The van der Waals surface area contributed by atoms with Crippen LogP contribution in [0.15, 0.2) is 11.5 Å². The van der Waals surface area contributed by atoms with E-state index >= 15 is 0 Å². The van der Waals surface area contributed by atoms with E-state index in [2.05, 4.69) is 33.7 Å². The van der Waals surface area contributed by atoms with Crippen LogP contribution < -0.4 is 0 Å². The van der Waals surface area contributed by atoms with Gasteiger partial charge in [0.05, 0.1) is 24.4 Å². The largest absolute Gasteiger partial charge is 0.487 e. The van der Waals surface area contributed by atoms with E-state index in [0.717, 1.165) is 26.1 Å². The highest BCUT2D eigenvalue weighted by Gasteiger charge is 2.50. The minimum absolute atomic E-state index is 0.196. The Balaban J connectivity index is 2.03. The Morgan fingerprint density at radius 3 is 2.00 bits per heavy atom. The lowest BCUT2D eigenvalue weighted by atomic mass is 9.85. The van der Waals surface area contributed by atoms with Gasteiger partial charge in [0, 0.05) is 0 Å². The van der Waals surface area contributed by atoms with Crippen molar-refractivity contribution in [2.24, 2.45) is 0 Å². The zero-order valence-electron chi connectivity index (χ0n) is 10.7. The Labute approximate surface area is 98.3 Å². The number of rotatable bonds is 1. The summed E-state index contributed by atoms with van der Waals surface area (Å²) in [5.41, 5.74) is 0.921. The van der Waals surface area contributed by atoms with Crippen LogP contribution in [0.1, 0.15) is 40.5 Å². The lowest BCUT2D eigenvalue weighted by Crippen LogP contribution is -2.41. The number of ether oxygens (including phenoxy) is 1. The van der Waals surface area contributed by atoms with E-state index in [1.165, 1.54) is 5.57 Å². The van der Waals surface area contributed by atoms with Crippen molar-refractivity contribution in [3.63, 3.8) is 0 Å². The molecule has 0 aromatic rings. The van der Waals surface area contributed by atoms with Gasteiger partial charge in [0.1, 0.15) is 0 Å². The van der Waals surface area contributed by atoms with Gasteiger partial charge in [-0.25, -0.2) is 0 Å². The maximum absolute atomic E-state index is 5.93. The summed E-state index contributed by atoms with van der Waals surface area (Å²) in [5, 5.41) is 0. The Bertz CT molecular complexity index is 273. The summed E-state index contributed by atoms with van der Waals surface area (Å²) in [4.78, 5) is 0. The molecule has 90 valence electrons. The van der Waals surface area contributed by atoms with Gasteiger partial charge in [-0.15, -0.1) is 0 Å². The molecule has 0 aromatic heterocycles. The molecule has 4 heteroatoms. The van der Waals surface area contributed by atoms with Gasteiger partial charge in [-0.2, -0.15) is 0 Å². The summed E-state index contributed by atoms with van der Waals surface area (Å²) >= 11 is 0. The highest BCUT2D eigenvalue weighted by atomic mass is 16.7. The minimum atomic E-state index is -0.236. The van der Waals surface area contributed by atoms with Crippen LogP contribution in [0.3, 0.4) is 0 Å². The third-order valence-corrected chi connectivity index (χ3v) is 3.78. The Hall–Kier alpha value is -0.315. The monoisotopic (exact) mass is 224 g/mol. The first-order chi connectivity index (χ1) is 7.41. The van der Waals surface area contributed by atoms with Crippen LogP contribution in [0.5, 0.6) is 0 Å². The SMILES string of the molecule is CC1(C)OB(C=C2CCOCC2)OC1(C)C. The van der Waals surface area contributed by atoms with E-state index in [0.29, 0.717) is 0 Å². The van der Waals surface area contributed by atoms with Gasteiger partial charge < -0.3 is 14.0 Å². The first kappa shape index (κ1) is 12.2. The van der Waals surface area contributed by atoms with E-state index < -0.39 is 0 Å². The number of hydrogen-bond donors (Lipinski definition) is 0. The molecule has 0 aliphatic carbocycles. The van der Waals surface area contributed by atoms with Gasteiger partial charge in [0.25, 0.3) is 0 Å². The van der Waals surface area contributed by atoms with E-state index in [9.17, 15) is 0 Å². The molecule has 0 saturated carbocycles. The Morgan fingerprint density at radius 1 is 1.00 bits per heavy atom. The van der Waals surface area contributed by atoms with Gasteiger partial charge in [-0.05, 0) is 40.5 Å². The summed E-state index contributed by atoms with van der Waals surface area (Å²) < 4.78 is 17.2. The molecule has 2 aliphatic rings. The standard InChI is InChI=1S/C12H21BO3/c1-11(2)12(3,4)16-13(15-11)9-10-5-7-14-8-6-10/h9H,5-8H2,1-4H3. The molecule has 3 nitrogen and oxygen atoms in total. The van der Waals surface area contributed by atoms with Gasteiger partial charge in [0.2, 0.25) is 0 Å². The van der Waals surface area contributed by atoms with Crippen LogP contribution in [-0.2, 0) is 14.0 Å². The second kappa shape index (κ2) is 4.17. The predicted octanol–water partition coefficient (Wildman–Crippen LogP) is 2.35. The van der Waals surface area contributed by atoms with Crippen LogP contribution in [0.4, 0.5) is 0 Å². The molecule has 0 aromatic carbocycles. The molecule has 2 aliphatic heterocycles. The van der Waals surface area contributed by atoms with Crippen LogP contribution >= 0.6 is 0 Å². The summed E-state index contributed by atoms with van der Waals surface area (Å²) in [6.45, 7) is 9.96. The second-order valence-corrected chi connectivity index (χ2v) is 5.56. The molecule has 0 unspecified atom stereocenters. The second-order valence-electron chi connectivity index (χ2n) is 5.56. The third kappa shape index (κ3) is 2.34. The Morgan fingerprint density at radius 2 is 1.50 bits per heavy atom. The fourth-order valence-corrected chi connectivity index (χ4v) is 1.95. The summed E-state index contributed by atoms with van der Waals surface area (Å²) in [6, 6.07) is 0. The smallest absolute Gasteiger partial charge is 0.400 e. The Kier molecular flexibility index (Phi) is 3.17. The maximum Gasteiger partial charge on any atom is 0.487 e. The predicted molar refractivity (Wildman–Crippen MR) is 64.2 cm³/mol. The van der Waals surface area contributed by atoms with Crippen molar-refractivity contribution in [3.05, 3.63) is 11.5 Å². The highest BCUT2D eigenvalue weighted by molar-refractivity contribution is 6.51. The lowest BCUT2D eigenvalue weighted by molar-refractivity contribution is 0.00578. The average molecular weight is 224 g/mol. The molecule has 0 atom stereocenters. The summed E-state index contributed by atoms with van der Waals surface area (Å²) in [6.07, 6.45) is 2.01. The van der Waals surface area contributed by atoms with Crippen LogP contribution in [0, 0.1) is 0 Å². The van der Waals surface area contributed by atoms with Gasteiger partial charge >= 0.3 is 7.12 Å². The van der Waals surface area contributed by atoms with E-state index in [-0.39, 0.29) is 18.3 Å². The molecule has 0 spiro atoms. The van der Waals surface area contributed by atoms with E-state index in [4.69, 9.17) is 14.0 Å². The van der Waals surface area contributed by atoms with Crippen molar-refractivity contribution in [1.29, 1.82) is 0 Å². The van der Waals surface area contributed by atoms with Gasteiger partial charge in [0.15, 0.2) is 0 Å². The molecule has 16 heavy (non-hydrogen) atoms. The van der Waals surface area contributed by atoms with Crippen molar-refractivity contribution >= 4 is 7.12 Å². The molecule has 0 bridgehead atoms. The van der Waals surface area contributed by atoms with Crippen molar-refractivity contribution in [1.82, 2.24) is 0 Å². The molecule has 0 radical (unpaired) electrons. The third-order valence-electron chi connectivity index (χ3n) is 3.78. The topological polar surface area (TPSA) is 27.7 Å². The normalized spacial score (nSPS) is 28.2. The molecule has 2 rings (SSSR count). The molecule has 2 saturated heterocycles. The van der Waals surface area contributed by atoms with Crippen molar-refractivity contribution in [3.8, 4) is 0 Å². The molecular formula is C12H21BO3. The average Bonchev–Trinajstić information content (AvgIpc) is 2.36.